The van der Waals surface area contributed by atoms with Crippen LogP contribution in [0.15, 0.2) is 72.8 Å². The van der Waals surface area contributed by atoms with Gasteiger partial charge in [-0.05, 0) is 53.6 Å². The molecule has 166 valence electrons. The van der Waals surface area contributed by atoms with E-state index < -0.39 is 0 Å². The molecule has 0 bridgehead atoms. The van der Waals surface area contributed by atoms with Crippen LogP contribution >= 0.6 is 11.6 Å². The van der Waals surface area contributed by atoms with Crippen molar-refractivity contribution in [3.05, 3.63) is 94.5 Å². The monoisotopic (exact) mass is 465 g/mol. The van der Waals surface area contributed by atoms with Crippen LogP contribution in [0.4, 0.5) is 0 Å². The molecule has 0 unspecified atom stereocenters. The highest BCUT2D eigenvalue weighted by molar-refractivity contribution is 6.30. The molecule has 0 N–H and O–H groups in total. The lowest BCUT2D eigenvalue weighted by molar-refractivity contribution is 0.394. The maximum atomic E-state index is 10.1. The van der Waals surface area contributed by atoms with Gasteiger partial charge < -0.3 is 9.47 Å². The van der Waals surface area contributed by atoms with Gasteiger partial charge in [0.15, 0.2) is 5.65 Å². The number of rotatable bonds is 5. The molecule has 0 spiro atoms. The Hall–Kier alpha value is -4.27. The van der Waals surface area contributed by atoms with E-state index in [1.165, 1.54) is 0 Å². The second-order valence-corrected chi connectivity index (χ2v) is 8.16. The topological polar surface area (TPSA) is 59.5 Å². The van der Waals surface area contributed by atoms with Crippen LogP contribution in [-0.2, 0) is 0 Å². The molecule has 0 aliphatic rings. The minimum atomic E-state index is 0.494. The van der Waals surface area contributed by atoms with Gasteiger partial charge in [0.1, 0.15) is 23.1 Å². The summed E-state index contributed by atoms with van der Waals surface area (Å²) >= 11 is 6.15. The number of imidazole rings is 1. The highest BCUT2D eigenvalue weighted by Crippen LogP contribution is 2.35. The minimum Gasteiger partial charge on any atom is -0.497 e. The Balaban J connectivity index is 1.83. The lowest BCUT2D eigenvalue weighted by Gasteiger charge is -2.13. The molecule has 2 heterocycles. The van der Waals surface area contributed by atoms with Gasteiger partial charge in [-0.15, -0.1) is 0 Å². The Kier molecular flexibility index (Phi) is 5.67. The van der Waals surface area contributed by atoms with Crippen LogP contribution in [0.25, 0.3) is 40.1 Å². The third kappa shape index (κ3) is 3.85. The van der Waals surface area contributed by atoms with Gasteiger partial charge >= 0.3 is 0 Å². The molecule has 0 amide bonds. The summed E-state index contributed by atoms with van der Waals surface area (Å²) in [5.41, 5.74) is 6.25. The van der Waals surface area contributed by atoms with E-state index in [1.54, 1.807) is 14.2 Å². The van der Waals surface area contributed by atoms with Crippen molar-refractivity contribution in [2.24, 2.45) is 0 Å². The van der Waals surface area contributed by atoms with E-state index in [2.05, 4.69) is 6.07 Å². The number of para-hydroxylation sites is 2. The number of hydrogen-bond acceptors (Lipinski definition) is 4. The zero-order valence-electron chi connectivity index (χ0n) is 18.6. The molecule has 0 atom stereocenters. The van der Waals surface area contributed by atoms with Gasteiger partial charge in [0.2, 0.25) is 0 Å². The van der Waals surface area contributed by atoms with Crippen LogP contribution in [0.3, 0.4) is 0 Å². The number of nitriles is 1. The van der Waals surface area contributed by atoms with Gasteiger partial charge in [0, 0.05) is 16.7 Å². The van der Waals surface area contributed by atoms with Crippen LogP contribution in [0, 0.1) is 11.3 Å². The number of benzene rings is 3. The first kappa shape index (κ1) is 21.6. The molecule has 0 fully saturated rings. The molecule has 5 nitrogen and oxygen atoms in total. The van der Waals surface area contributed by atoms with Crippen molar-refractivity contribution in [3.63, 3.8) is 0 Å². The average molecular weight is 466 g/mol. The second-order valence-electron chi connectivity index (χ2n) is 7.72. The maximum absolute atomic E-state index is 10.1. The second kappa shape index (κ2) is 8.93. The lowest BCUT2D eigenvalue weighted by atomic mass is 10.0. The Labute approximate surface area is 202 Å². The first-order valence-electron chi connectivity index (χ1n) is 10.6. The molecule has 5 rings (SSSR count). The van der Waals surface area contributed by atoms with E-state index >= 15 is 0 Å². The Morgan fingerprint density at radius 1 is 0.912 bits per heavy atom. The van der Waals surface area contributed by atoms with Gasteiger partial charge in [-0.2, -0.15) is 5.26 Å². The van der Waals surface area contributed by atoms with Crippen LogP contribution in [0.1, 0.15) is 16.7 Å². The SMILES string of the molecule is COc1cc(OC)cc(-c2cc(C=Cc3cccc(Cl)c3)c(C#N)c3nc4ccccc4n23)c1. The van der Waals surface area contributed by atoms with Gasteiger partial charge in [0.25, 0.3) is 0 Å². The fourth-order valence-electron chi connectivity index (χ4n) is 4.06. The number of nitrogens with zero attached hydrogens (tertiary/aromatic N) is 3. The fraction of sp³-hybridized carbons (Fsp3) is 0.0714. The first-order chi connectivity index (χ1) is 16.6. The molecule has 3 aromatic carbocycles. The molecule has 0 radical (unpaired) electrons. The van der Waals surface area contributed by atoms with Crippen LogP contribution < -0.4 is 9.47 Å². The largest absolute Gasteiger partial charge is 0.497 e. The number of halogens is 1. The summed E-state index contributed by atoms with van der Waals surface area (Å²) in [5, 5.41) is 10.8. The molecule has 6 heteroatoms. The fourth-order valence-corrected chi connectivity index (χ4v) is 4.26. The number of methoxy groups -OCH3 is 2. The van der Waals surface area contributed by atoms with Crippen LogP contribution in [-0.4, -0.2) is 23.6 Å². The molecule has 0 saturated heterocycles. The third-order valence-electron chi connectivity index (χ3n) is 5.67. The van der Waals surface area contributed by atoms with E-state index in [1.807, 2.05) is 89.3 Å². The number of pyridine rings is 1. The third-order valence-corrected chi connectivity index (χ3v) is 5.90. The van der Waals surface area contributed by atoms with Gasteiger partial charge in [0.05, 0.1) is 30.9 Å². The lowest BCUT2D eigenvalue weighted by Crippen LogP contribution is -1.99. The number of ether oxygens (including phenoxy) is 2. The summed E-state index contributed by atoms with van der Waals surface area (Å²) in [5.74, 6) is 1.35. The molecular formula is C28H20ClN3O2. The van der Waals surface area contributed by atoms with Gasteiger partial charge in [-0.1, -0.05) is 48.0 Å². The predicted octanol–water partition coefficient (Wildman–Crippen LogP) is 6.87. The predicted molar refractivity (Wildman–Crippen MR) is 136 cm³/mol. The summed E-state index contributed by atoms with van der Waals surface area (Å²) in [6, 6.07) is 25.5. The summed E-state index contributed by atoms with van der Waals surface area (Å²) < 4.78 is 13.0. The first-order valence-corrected chi connectivity index (χ1v) is 11.0. The quantitative estimate of drug-likeness (QED) is 0.284. The minimum absolute atomic E-state index is 0.494. The zero-order valence-corrected chi connectivity index (χ0v) is 19.4. The smallest absolute Gasteiger partial charge is 0.157 e. The molecule has 0 saturated carbocycles. The average Bonchev–Trinajstić information content (AvgIpc) is 3.26. The van der Waals surface area contributed by atoms with Crippen molar-refractivity contribution in [1.82, 2.24) is 9.38 Å². The van der Waals surface area contributed by atoms with E-state index in [-0.39, 0.29) is 0 Å². The molecular weight excluding hydrogens is 446 g/mol. The summed E-state index contributed by atoms with van der Waals surface area (Å²) in [7, 11) is 3.25. The Morgan fingerprint density at radius 3 is 2.38 bits per heavy atom. The normalized spacial score (nSPS) is 11.2. The number of fused-ring (bicyclic) bond motifs is 3. The van der Waals surface area contributed by atoms with Crippen LogP contribution in [0.5, 0.6) is 11.5 Å². The van der Waals surface area contributed by atoms with Crippen molar-refractivity contribution < 1.29 is 9.47 Å². The molecule has 0 aliphatic carbocycles. The van der Waals surface area contributed by atoms with Crippen molar-refractivity contribution >= 4 is 40.4 Å². The van der Waals surface area contributed by atoms with Crippen molar-refractivity contribution in [2.45, 2.75) is 0 Å². The van der Waals surface area contributed by atoms with E-state index in [9.17, 15) is 5.26 Å². The molecule has 2 aromatic heterocycles. The standard InChI is InChI=1S/C28H20ClN3O2/c1-33-22-13-20(14-23(16-22)34-2)27-15-19(11-10-18-6-5-7-21(29)12-18)24(17-30)28-31-25-8-3-4-9-26(25)32(27)28/h3-16H,1-2H3. The summed E-state index contributed by atoms with van der Waals surface area (Å²) in [4.78, 5) is 4.81. The summed E-state index contributed by atoms with van der Waals surface area (Å²) in [6.45, 7) is 0. The van der Waals surface area contributed by atoms with E-state index in [0.29, 0.717) is 27.7 Å². The van der Waals surface area contributed by atoms with Crippen LogP contribution in [0.2, 0.25) is 5.02 Å². The van der Waals surface area contributed by atoms with Crippen molar-refractivity contribution in [2.75, 3.05) is 14.2 Å². The molecule has 0 aliphatic heterocycles. The summed E-state index contributed by atoms with van der Waals surface area (Å²) in [6.07, 6.45) is 3.86. The number of aromatic nitrogens is 2. The molecule has 34 heavy (non-hydrogen) atoms. The highest BCUT2D eigenvalue weighted by atomic mass is 35.5. The zero-order chi connectivity index (χ0) is 23.7. The van der Waals surface area contributed by atoms with Gasteiger partial charge in [-0.3, -0.25) is 4.40 Å². The van der Waals surface area contributed by atoms with Gasteiger partial charge in [-0.25, -0.2) is 4.98 Å². The Morgan fingerprint density at radius 2 is 1.68 bits per heavy atom. The van der Waals surface area contributed by atoms with Crippen molar-refractivity contribution in [1.29, 1.82) is 5.26 Å². The maximum Gasteiger partial charge on any atom is 0.157 e. The van der Waals surface area contributed by atoms with E-state index in [0.717, 1.165) is 33.4 Å². The Bertz CT molecular complexity index is 1590. The number of hydrogen-bond donors (Lipinski definition) is 0. The van der Waals surface area contributed by atoms with Crippen molar-refractivity contribution in [3.8, 4) is 28.8 Å². The van der Waals surface area contributed by atoms with E-state index in [4.69, 9.17) is 26.1 Å². The highest BCUT2D eigenvalue weighted by Gasteiger charge is 2.18. The molecule has 5 aromatic rings.